The van der Waals surface area contributed by atoms with Crippen molar-refractivity contribution in [3.63, 3.8) is 0 Å². The number of benzene rings is 2. The van der Waals surface area contributed by atoms with Gasteiger partial charge >= 0.3 is 0 Å². The first-order chi connectivity index (χ1) is 13.6. The van der Waals surface area contributed by atoms with E-state index in [0.717, 1.165) is 62.8 Å². The maximum Gasteiger partial charge on any atom is 0.265 e. The molecular formula is C22H26FN3O2. The summed E-state index contributed by atoms with van der Waals surface area (Å²) in [6.07, 6.45) is 0.922. The lowest BCUT2D eigenvalue weighted by Gasteiger charge is -2.36. The van der Waals surface area contributed by atoms with Crippen LogP contribution in [0.15, 0.2) is 42.5 Å². The first-order valence-corrected chi connectivity index (χ1v) is 9.93. The predicted octanol–water partition coefficient (Wildman–Crippen LogP) is 3.28. The van der Waals surface area contributed by atoms with Crippen LogP contribution in [0.4, 0.5) is 15.8 Å². The van der Waals surface area contributed by atoms with E-state index in [0.29, 0.717) is 0 Å². The number of hydrogen-bond acceptors (Lipinski definition) is 4. The molecule has 0 unspecified atom stereocenters. The molecule has 28 heavy (non-hydrogen) atoms. The first kappa shape index (κ1) is 18.7. The molecule has 2 aromatic rings. The molecule has 0 radical (unpaired) electrons. The number of amides is 1. The molecule has 0 aromatic heterocycles. The van der Waals surface area contributed by atoms with Gasteiger partial charge in [-0.05, 0) is 48.4 Å². The quantitative estimate of drug-likeness (QED) is 0.794. The van der Waals surface area contributed by atoms with Gasteiger partial charge in [0.05, 0.1) is 5.69 Å². The SMILES string of the molecule is CCCN1C(=O)COc2cc(CN3CCN(c4ccc(F)cc4)CC3)ccc21. The van der Waals surface area contributed by atoms with Gasteiger partial charge in [-0.3, -0.25) is 9.69 Å². The molecule has 2 aromatic carbocycles. The Morgan fingerprint density at radius 3 is 2.50 bits per heavy atom. The Bertz CT molecular complexity index is 832. The van der Waals surface area contributed by atoms with Gasteiger partial charge in [0.2, 0.25) is 0 Å². The van der Waals surface area contributed by atoms with E-state index in [-0.39, 0.29) is 18.3 Å². The van der Waals surface area contributed by atoms with Crippen molar-refractivity contribution in [2.45, 2.75) is 19.9 Å². The van der Waals surface area contributed by atoms with Crippen molar-refractivity contribution in [2.24, 2.45) is 0 Å². The third-order valence-electron chi connectivity index (χ3n) is 5.38. The summed E-state index contributed by atoms with van der Waals surface area (Å²) in [6.45, 7) is 7.52. The summed E-state index contributed by atoms with van der Waals surface area (Å²) in [5.41, 5.74) is 3.15. The maximum atomic E-state index is 13.1. The van der Waals surface area contributed by atoms with Gasteiger partial charge in [-0.1, -0.05) is 13.0 Å². The average molecular weight is 383 g/mol. The minimum Gasteiger partial charge on any atom is -0.482 e. The highest BCUT2D eigenvalue weighted by molar-refractivity contribution is 5.97. The predicted molar refractivity (Wildman–Crippen MR) is 108 cm³/mol. The standard InChI is InChI=1S/C22H26FN3O2/c1-2-9-26-20-8-3-17(14-21(20)28-16-22(26)27)15-24-10-12-25(13-11-24)19-6-4-18(23)5-7-19/h3-8,14H,2,9-13,15-16H2,1H3. The van der Waals surface area contributed by atoms with E-state index in [1.165, 1.54) is 17.7 Å². The monoisotopic (exact) mass is 383 g/mol. The van der Waals surface area contributed by atoms with Crippen LogP contribution in [0.1, 0.15) is 18.9 Å². The third kappa shape index (κ3) is 3.97. The molecule has 0 aliphatic carbocycles. The Kier molecular flexibility index (Phi) is 5.48. The molecule has 4 rings (SSSR count). The van der Waals surface area contributed by atoms with Crippen LogP contribution >= 0.6 is 0 Å². The van der Waals surface area contributed by atoms with Gasteiger partial charge in [-0.15, -0.1) is 0 Å². The van der Waals surface area contributed by atoms with Crippen molar-refractivity contribution in [3.8, 4) is 5.75 Å². The van der Waals surface area contributed by atoms with Crippen molar-refractivity contribution in [3.05, 3.63) is 53.8 Å². The molecule has 2 aliphatic rings. The summed E-state index contributed by atoms with van der Waals surface area (Å²) in [5.74, 6) is 0.630. The number of ether oxygens (including phenoxy) is 1. The van der Waals surface area contributed by atoms with Crippen LogP contribution in [0.5, 0.6) is 5.75 Å². The largest absolute Gasteiger partial charge is 0.482 e. The van der Waals surface area contributed by atoms with Crippen LogP contribution in [0.25, 0.3) is 0 Å². The zero-order valence-corrected chi connectivity index (χ0v) is 16.2. The van der Waals surface area contributed by atoms with Crippen molar-refractivity contribution in [2.75, 3.05) is 49.1 Å². The smallest absolute Gasteiger partial charge is 0.265 e. The van der Waals surface area contributed by atoms with Gasteiger partial charge in [-0.2, -0.15) is 0 Å². The summed E-state index contributed by atoms with van der Waals surface area (Å²) in [4.78, 5) is 18.6. The van der Waals surface area contributed by atoms with E-state index in [9.17, 15) is 9.18 Å². The minimum absolute atomic E-state index is 0.0269. The lowest BCUT2D eigenvalue weighted by Crippen LogP contribution is -2.46. The lowest BCUT2D eigenvalue weighted by molar-refractivity contribution is -0.121. The number of carbonyl (C=O) groups is 1. The van der Waals surface area contributed by atoms with Gasteiger partial charge in [0.15, 0.2) is 6.61 Å². The highest BCUT2D eigenvalue weighted by Crippen LogP contribution is 2.33. The highest BCUT2D eigenvalue weighted by atomic mass is 19.1. The highest BCUT2D eigenvalue weighted by Gasteiger charge is 2.25. The van der Waals surface area contributed by atoms with Crippen LogP contribution in [0.2, 0.25) is 0 Å². The van der Waals surface area contributed by atoms with E-state index in [1.54, 1.807) is 0 Å². The topological polar surface area (TPSA) is 36.0 Å². The lowest BCUT2D eigenvalue weighted by atomic mass is 10.1. The Morgan fingerprint density at radius 1 is 1.04 bits per heavy atom. The molecule has 0 spiro atoms. The van der Waals surface area contributed by atoms with Crippen LogP contribution < -0.4 is 14.5 Å². The molecule has 6 heteroatoms. The summed E-state index contributed by atoms with van der Waals surface area (Å²) < 4.78 is 18.8. The number of piperazine rings is 1. The number of carbonyl (C=O) groups excluding carboxylic acids is 1. The number of nitrogens with zero attached hydrogens (tertiary/aromatic N) is 3. The molecule has 2 aliphatic heterocycles. The number of hydrogen-bond donors (Lipinski definition) is 0. The van der Waals surface area contributed by atoms with E-state index in [4.69, 9.17) is 4.74 Å². The van der Waals surface area contributed by atoms with Crippen molar-refractivity contribution >= 4 is 17.3 Å². The summed E-state index contributed by atoms with van der Waals surface area (Å²) in [5, 5.41) is 0. The summed E-state index contributed by atoms with van der Waals surface area (Å²) >= 11 is 0. The number of halogens is 1. The molecule has 148 valence electrons. The molecule has 1 saturated heterocycles. The van der Waals surface area contributed by atoms with Gasteiger partial charge in [0.25, 0.3) is 5.91 Å². The Labute approximate surface area is 165 Å². The molecule has 5 nitrogen and oxygen atoms in total. The van der Waals surface area contributed by atoms with E-state index in [2.05, 4.69) is 28.9 Å². The summed E-state index contributed by atoms with van der Waals surface area (Å²) in [6, 6.07) is 12.9. The fourth-order valence-corrected chi connectivity index (χ4v) is 3.89. The van der Waals surface area contributed by atoms with Crippen molar-refractivity contribution < 1.29 is 13.9 Å². The molecule has 2 heterocycles. The van der Waals surface area contributed by atoms with E-state index >= 15 is 0 Å². The summed E-state index contributed by atoms with van der Waals surface area (Å²) in [7, 11) is 0. The Morgan fingerprint density at radius 2 is 1.79 bits per heavy atom. The van der Waals surface area contributed by atoms with Gasteiger partial charge in [0.1, 0.15) is 11.6 Å². The first-order valence-electron chi connectivity index (χ1n) is 9.93. The maximum absolute atomic E-state index is 13.1. The number of anilines is 2. The van der Waals surface area contributed by atoms with E-state index in [1.807, 2.05) is 23.1 Å². The molecular weight excluding hydrogens is 357 g/mol. The van der Waals surface area contributed by atoms with Crippen LogP contribution in [0.3, 0.4) is 0 Å². The normalized spacial score (nSPS) is 17.4. The zero-order valence-electron chi connectivity index (χ0n) is 16.2. The van der Waals surface area contributed by atoms with Gasteiger partial charge in [-0.25, -0.2) is 4.39 Å². The fourth-order valence-electron chi connectivity index (χ4n) is 3.89. The molecule has 1 amide bonds. The Hall–Kier alpha value is -2.60. The number of fused-ring (bicyclic) bond motifs is 1. The zero-order chi connectivity index (χ0) is 19.5. The number of rotatable bonds is 5. The van der Waals surface area contributed by atoms with Gasteiger partial charge in [0, 0.05) is 45.0 Å². The molecule has 0 N–H and O–H groups in total. The second-order valence-corrected chi connectivity index (χ2v) is 7.38. The van der Waals surface area contributed by atoms with E-state index < -0.39 is 0 Å². The van der Waals surface area contributed by atoms with Crippen molar-refractivity contribution in [1.29, 1.82) is 0 Å². The minimum atomic E-state index is -0.198. The second-order valence-electron chi connectivity index (χ2n) is 7.38. The van der Waals surface area contributed by atoms with Gasteiger partial charge < -0.3 is 14.5 Å². The Balaban J connectivity index is 1.38. The average Bonchev–Trinajstić information content (AvgIpc) is 2.71. The van der Waals surface area contributed by atoms with Crippen molar-refractivity contribution in [1.82, 2.24) is 4.90 Å². The van der Waals surface area contributed by atoms with Crippen LogP contribution in [-0.4, -0.2) is 50.1 Å². The fraction of sp³-hybridized carbons (Fsp3) is 0.409. The van der Waals surface area contributed by atoms with Crippen LogP contribution in [-0.2, 0) is 11.3 Å². The molecule has 1 fully saturated rings. The van der Waals surface area contributed by atoms with Crippen LogP contribution in [0, 0.1) is 5.82 Å². The molecule has 0 bridgehead atoms. The third-order valence-corrected chi connectivity index (χ3v) is 5.38. The second kappa shape index (κ2) is 8.19. The molecule has 0 atom stereocenters. The molecule has 0 saturated carbocycles.